The van der Waals surface area contributed by atoms with Crippen molar-refractivity contribution >= 4 is 17.4 Å². The summed E-state index contributed by atoms with van der Waals surface area (Å²) < 4.78 is 13.2. The summed E-state index contributed by atoms with van der Waals surface area (Å²) in [6, 6.07) is 8.62. The van der Waals surface area contributed by atoms with Crippen LogP contribution in [0, 0.1) is 17.1 Å². The monoisotopic (exact) mass is 208 g/mol. The SMILES string of the molecule is N#CC1(Nc2ccccc2F)CSC1. The van der Waals surface area contributed by atoms with E-state index >= 15 is 0 Å². The lowest BCUT2D eigenvalue weighted by Crippen LogP contribution is -2.49. The van der Waals surface area contributed by atoms with Crippen molar-refractivity contribution in [3.63, 3.8) is 0 Å². The van der Waals surface area contributed by atoms with Gasteiger partial charge in [-0.3, -0.25) is 0 Å². The van der Waals surface area contributed by atoms with Crippen LogP contribution in [0.25, 0.3) is 0 Å². The van der Waals surface area contributed by atoms with Crippen LogP contribution in [-0.4, -0.2) is 17.0 Å². The molecule has 0 unspecified atom stereocenters. The Morgan fingerprint density at radius 2 is 2.14 bits per heavy atom. The average molecular weight is 208 g/mol. The van der Waals surface area contributed by atoms with Crippen LogP contribution in [0.5, 0.6) is 0 Å². The van der Waals surface area contributed by atoms with Crippen LogP contribution in [-0.2, 0) is 0 Å². The van der Waals surface area contributed by atoms with Crippen molar-refractivity contribution in [2.75, 3.05) is 16.8 Å². The van der Waals surface area contributed by atoms with E-state index in [0.717, 1.165) is 11.5 Å². The van der Waals surface area contributed by atoms with Gasteiger partial charge in [-0.05, 0) is 12.1 Å². The highest BCUT2D eigenvalue weighted by Crippen LogP contribution is 2.32. The van der Waals surface area contributed by atoms with E-state index in [1.54, 1.807) is 30.0 Å². The molecule has 14 heavy (non-hydrogen) atoms. The van der Waals surface area contributed by atoms with Gasteiger partial charge in [0.2, 0.25) is 0 Å². The fourth-order valence-corrected chi connectivity index (χ4v) is 2.18. The van der Waals surface area contributed by atoms with Crippen LogP contribution in [0.3, 0.4) is 0 Å². The van der Waals surface area contributed by atoms with Crippen molar-refractivity contribution in [1.82, 2.24) is 0 Å². The summed E-state index contributed by atoms with van der Waals surface area (Å²) in [6.07, 6.45) is 0. The number of benzene rings is 1. The van der Waals surface area contributed by atoms with Gasteiger partial charge < -0.3 is 5.32 Å². The minimum atomic E-state index is -0.563. The molecule has 1 saturated heterocycles. The zero-order chi connectivity index (χ0) is 10.0. The summed E-state index contributed by atoms with van der Waals surface area (Å²) in [5, 5.41) is 11.9. The van der Waals surface area contributed by atoms with E-state index < -0.39 is 5.54 Å². The van der Waals surface area contributed by atoms with Crippen molar-refractivity contribution in [1.29, 1.82) is 5.26 Å². The fourth-order valence-electron chi connectivity index (χ4n) is 1.29. The predicted octanol–water partition coefficient (Wildman–Crippen LogP) is 2.25. The van der Waals surface area contributed by atoms with Crippen LogP contribution < -0.4 is 5.32 Å². The summed E-state index contributed by atoms with van der Waals surface area (Å²) in [7, 11) is 0. The van der Waals surface area contributed by atoms with Crippen LogP contribution >= 0.6 is 11.8 Å². The molecule has 1 N–H and O–H groups in total. The molecule has 1 aromatic carbocycles. The third kappa shape index (κ3) is 1.55. The number of thioether (sulfide) groups is 1. The highest BCUT2D eigenvalue weighted by atomic mass is 32.2. The molecule has 0 saturated carbocycles. The molecule has 2 nitrogen and oxygen atoms in total. The third-order valence-corrected chi connectivity index (χ3v) is 3.55. The minimum absolute atomic E-state index is 0.306. The molecule has 0 aromatic heterocycles. The summed E-state index contributed by atoms with van der Waals surface area (Å²) in [4.78, 5) is 0. The molecule has 0 atom stereocenters. The molecular weight excluding hydrogens is 199 g/mol. The van der Waals surface area contributed by atoms with Gasteiger partial charge in [0.05, 0.1) is 11.8 Å². The Hall–Kier alpha value is -1.21. The second kappa shape index (κ2) is 3.50. The van der Waals surface area contributed by atoms with E-state index in [0.29, 0.717) is 5.69 Å². The van der Waals surface area contributed by atoms with Gasteiger partial charge in [0.25, 0.3) is 0 Å². The van der Waals surface area contributed by atoms with Gasteiger partial charge in [0.1, 0.15) is 11.4 Å². The van der Waals surface area contributed by atoms with Crippen molar-refractivity contribution in [2.24, 2.45) is 0 Å². The molecule has 0 radical (unpaired) electrons. The molecule has 1 heterocycles. The Morgan fingerprint density at radius 3 is 2.64 bits per heavy atom. The molecule has 1 aliphatic heterocycles. The van der Waals surface area contributed by atoms with Crippen LogP contribution in [0.1, 0.15) is 0 Å². The Bertz CT molecular complexity index is 382. The number of halogens is 1. The lowest BCUT2D eigenvalue weighted by Gasteiger charge is -2.36. The number of nitrogens with one attached hydrogen (secondary N) is 1. The lowest BCUT2D eigenvalue weighted by atomic mass is 10.1. The maximum absolute atomic E-state index is 13.2. The molecule has 1 fully saturated rings. The molecule has 0 bridgehead atoms. The van der Waals surface area contributed by atoms with Crippen LogP contribution in [0.2, 0.25) is 0 Å². The number of para-hydroxylation sites is 1. The Labute approximate surface area is 86.1 Å². The Balaban J connectivity index is 2.19. The van der Waals surface area contributed by atoms with Gasteiger partial charge >= 0.3 is 0 Å². The molecular formula is C10H9FN2S. The predicted molar refractivity (Wildman–Crippen MR) is 55.7 cm³/mol. The first-order chi connectivity index (χ1) is 6.76. The Morgan fingerprint density at radius 1 is 1.43 bits per heavy atom. The average Bonchev–Trinajstić information content (AvgIpc) is 2.14. The minimum Gasteiger partial charge on any atom is -0.364 e. The number of nitrogens with zero attached hydrogens (tertiary/aromatic N) is 1. The van der Waals surface area contributed by atoms with E-state index in [1.165, 1.54) is 6.07 Å². The van der Waals surface area contributed by atoms with Crippen molar-refractivity contribution in [3.8, 4) is 6.07 Å². The number of rotatable bonds is 2. The summed E-state index contributed by atoms with van der Waals surface area (Å²) in [5.74, 6) is 1.13. The first-order valence-electron chi connectivity index (χ1n) is 4.27. The van der Waals surface area contributed by atoms with Gasteiger partial charge in [0.15, 0.2) is 0 Å². The maximum atomic E-state index is 13.2. The molecule has 1 aliphatic rings. The van der Waals surface area contributed by atoms with Crippen molar-refractivity contribution < 1.29 is 4.39 Å². The standard InChI is InChI=1S/C10H9FN2S/c11-8-3-1-2-4-9(8)13-10(5-12)6-14-7-10/h1-4,13H,6-7H2. The van der Waals surface area contributed by atoms with Crippen molar-refractivity contribution in [3.05, 3.63) is 30.1 Å². The number of hydrogen-bond donors (Lipinski definition) is 1. The van der Waals surface area contributed by atoms with Gasteiger partial charge in [-0.15, -0.1) is 0 Å². The van der Waals surface area contributed by atoms with Crippen LogP contribution in [0.4, 0.5) is 10.1 Å². The first kappa shape index (κ1) is 9.35. The molecule has 72 valence electrons. The Kier molecular flexibility index (Phi) is 2.34. The molecule has 0 aliphatic carbocycles. The number of hydrogen-bond acceptors (Lipinski definition) is 3. The molecule has 1 aromatic rings. The molecule has 0 amide bonds. The van der Waals surface area contributed by atoms with E-state index in [-0.39, 0.29) is 5.82 Å². The summed E-state index contributed by atoms with van der Waals surface area (Å²) >= 11 is 1.69. The summed E-state index contributed by atoms with van der Waals surface area (Å²) in [6.45, 7) is 0. The topological polar surface area (TPSA) is 35.8 Å². The molecule has 4 heteroatoms. The second-order valence-electron chi connectivity index (χ2n) is 3.29. The van der Waals surface area contributed by atoms with E-state index in [2.05, 4.69) is 11.4 Å². The molecule has 0 spiro atoms. The van der Waals surface area contributed by atoms with E-state index in [9.17, 15) is 4.39 Å². The highest BCUT2D eigenvalue weighted by Gasteiger charge is 2.38. The summed E-state index contributed by atoms with van der Waals surface area (Å²) in [5.41, 5.74) is -0.151. The van der Waals surface area contributed by atoms with Gasteiger partial charge in [-0.1, -0.05) is 12.1 Å². The van der Waals surface area contributed by atoms with Gasteiger partial charge in [0, 0.05) is 11.5 Å². The van der Waals surface area contributed by atoms with E-state index in [1.807, 2.05) is 0 Å². The van der Waals surface area contributed by atoms with Gasteiger partial charge in [-0.2, -0.15) is 17.0 Å². The third-order valence-electron chi connectivity index (χ3n) is 2.16. The quantitative estimate of drug-likeness (QED) is 0.809. The smallest absolute Gasteiger partial charge is 0.146 e. The van der Waals surface area contributed by atoms with Crippen LogP contribution in [0.15, 0.2) is 24.3 Å². The fraction of sp³-hybridized carbons (Fsp3) is 0.300. The highest BCUT2D eigenvalue weighted by molar-refractivity contribution is 8.00. The normalized spacial score (nSPS) is 18.0. The lowest BCUT2D eigenvalue weighted by molar-refractivity contribution is 0.619. The first-order valence-corrected chi connectivity index (χ1v) is 5.43. The number of nitriles is 1. The number of anilines is 1. The largest absolute Gasteiger partial charge is 0.364 e. The van der Waals surface area contributed by atoms with Gasteiger partial charge in [-0.25, -0.2) is 4.39 Å². The van der Waals surface area contributed by atoms with E-state index in [4.69, 9.17) is 5.26 Å². The zero-order valence-electron chi connectivity index (χ0n) is 7.46. The molecule has 2 rings (SSSR count). The maximum Gasteiger partial charge on any atom is 0.146 e. The second-order valence-corrected chi connectivity index (χ2v) is 4.28. The van der Waals surface area contributed by atoms with Crippen molar-refractivity contribution in [2.45, 2.75) is 5.54 Å². The zero-order valence-corrected chi connectivity index (χ0v) is 8.27.